The van der Waals surface area contributed by atoms with Crippen LogP contribution < -0.4 is 4.74 Å². The maximum absolute atomic E-state index is 11.9. The molecule has 1 aromatic rings. The molecule has 0 radical (unpaired) electrons. The lowest BCUT2D eigenvalue weighted by Gasteiger charge is -2.26. The Kier molecular flexibility index (Phi) is 4.25. The summed E-state index contributed by atoms with van der Waals surface area (Å²) in [5.74, 6) is 0.773. The molecule has 0 N–H and O–H groups in total. The van der Waals surface area contributed by atoms with Crippen molar-refractivity contribution in [3.63, 3.8) is 0 Å². The van der Waals surface area contributed by atoms with Crippen molar-refractivity contribution in [2.24, 2.45) is 5.92 Å². The van der Waals surface area contributed by atoms with E-state index in [2.05, 4.69) is 18.2 Å². The second kappa shape index (κ2) is 5.91. The molecule has 0 bridgehead atoms. The van der Waals surface area contributed by atoms with Gasteiger partial charge in [-0.15, -0.1) is 0 Å². The number of benzene rings is 1. The minimum atomic E-state index is -0.122. The average Bonchev–Trinajstić information content (AvgIpc) is 2.46. The Morgan fingerprint density at radius 3 is 2.74 bits per heavy atom. The van der Waals surface area contributed by atoms with Gasteiger partial charge in [0.05, 0.1) is 20.1 Å². The van der Waals surface area contributed by atoms with Crippen molar-refractivity contribution in [3.05, 3.63) is 41.5 Å². The van der Waals surface area contributed by atoms with Gasteiger partial charge in [0.25, 0.3) is 0 Å². The van der Waals surface area contributed by atoms with Crippen molar-refractivity contribution >= 4 is 5.97 Å². The monoisotopic (exact) mass is 260 g/mol. The van der Waals surface area contributed by atoms with E-state index in [4.69, 9.17) is 9.47 Å². The molecule has 1 aliphatic carbocycles. The standard InChI is InChI=1S/C16H20O3/c1-11-10-12(8-9-15(11)18-2)13-6-4-5-7-14(13)16(17)19-3/h4,6,8-10,13-14H,5,7H2,1-3H3/t13-,14-/m1/s1. The molecule has 19 heavy (non-hydrogen) atoms. The highest BCUT2D eigenvalue weighted by Crippen LogP contribution is 2.35. The summed E-state index contributed by atoms with van der Waals surface area (Å²) in [4.78, 5) is 11.9. The third kappa shape index (κ3) is 2.80. The van der Waals surface area contributed by atoms with Crippen LogP contribution in [0.1, 0.15) is 29.9 Å². The number of hydrogen-bond donors (Lipinski definition) is 0. The van der Waals surface area contributed by atoms with E-state index in [1.165, 1.54) is 7.11 Å². The van der Waals surface area contributed by atoms with E-state index < -0.39 is 0 Å². The second-order valence-corrected chi connectivity index (χ2v) is 4.89. The van der Waals surface area contributed by atoms with Crippen LogP contribution >= 0.6 is 0 Å². The van der Waals surface area contributed by atoms with Crippen LogP contribution in [0, 0.1) is 12.8 Å². The Bertz CT molecular complexity index is 491. The molecule has 0 saturated heterocycles. The summed E-state index contributed by atoms with van der Waals surface area (Å²) in [5, 5.41) is 0. The smallest absolute Gasteiger partial charge is 0.309 e. The van der Waals surface area contributed by atoms with Gasteiger partial charge in [-0.05, 0) is 37.0 Å². The van der Waals surface area contributed by atoms with Crippen LogP contribution in [0.15, 0.2) is 30.4 Å². The highest BCUT2D eigenvalue weighted by Gasteiger charge is 2.30. The first-order valence-electron chi connectivity index (χ1n) is 6.56. The quantitative estimate of drug-likeness (QED) is 0.618. The fourth-order valence-electron chi connectivity index (χ4n) is 2.70. The molecule has 2 atom stereocenters. The minimum Gasteiger partial charge on any atom is -0.496 e. The highest BCUT2D eigenvalue weighted by atomic mass is 16.5. The summed E-state index contributed by atoms with van der Waals surface area (Å²) in [7, 11) is 3.12. The Hall–Kier alpha value is -1.77. The molecule has 3 heteroatoms. The minimum absolute atomic E-state index is 0.0807. The number of allylic oxidation sites excluding steroid dienone is 2. The lowest BCUT2D eigenvalue weighted by Crippen LogP contribution is -2.24. The third-order valence-electron chi connectivity index (χ3n) is 3.73. The van der Waals surface area contributed by atoms with Crippen LogP contribution in [0.5, 0.6) is 5.75 Å². The molecule has 0 aliphatic heterocycles. The van der Waals surface area contributed by atoms with E-state index >= 15 is 0 Å². The number of carbonyl (C=O) groups excluding carboxylic acids is 1. The molecular weight excluding hydrogens is 240 g/mol. The van der Waals surface area contributed by atoms with E-state index in [0.29, 0.717) is 0 Å². The van der Waals surface area contributed by atoms with Crippen LogP contribution in [0.2, 0.25) is 0 Å². The summed E-state index contributed by atoms with van der Waals surface area (Å²) in [6, 6.07) is 6.08. The number of hydrogen-bond acceptors (Lipinski definition) is 3. The van der Waals surface area contributed by atoms with Crippen molar-refractivity contribution in [3.8, 4) is 5.75 Å². The molecular formula is C16H20O3. The van der Waals surface area contributed by atoms with Gasteiger partial charge in [0.15, 0.2) is 0 Å². The molecule has 0 saturated carbocycles. The van der Waals surface area contributed by atoms with Gasteiger partial charge in [-0.25, -0.2) is 0 Å². The summed E-state index contributed by atoms with van der Waals surface area (Å²) in [6.45, 7) is 2.02. The molecule has 0 amide bonds. The largest absolute Gasteiger partial charge is 0.496 e. The Morgan fingerprint density at radius 1 is 1.32 bits per heavy atom. The van der Waals surface area contributed by atoms with Crippen molar-refractivity contribution in [2.45, 2.75) is 25.7 Å². The van der Waals surface area contributed by atoms with E-state index in [1.807, 2.05) is 19.1 Å². The van der Waals surface area contributed by atoms with Crippen LogP contribution in [0.3, 0.4) is 0 Å². The summed E-state index contributed by atoms with van der Waals surface area (Å²) in [6.07, 6.45) is 6.04. The Balaban J connectivity index is 2.32. The third-order valence-corrected chi connectivity index (χ3v) is 3.73. The van der Waals surface area contributed by atoms with Gasteiger partial charge in [0.2, 0.25) is 0 Å². The average molecular weight is 260 g/mol. The zero-order valence-electron chi connectivity index (χ0n) is 11.7. The maximum atomic E-state index is 11.9. The lowest BCUT2D eigenvalue weighted by molar-refractivity contribution is -0.146. The number of methoxy groups -OCH3 is 2. The molecule has 2 rings (SSSR count). The fourth-order valence-corrected chi connectivity index (χ4v) is 2.70. The number of ether oxygens (including phenoxy) is 2. The summed E-state index contributed by atoms with van der Waals surface area (Å²) < 4.78 is 10.2. The van der Waals surface area contributed by atoms with Gasteiger partial charge in [0, 0.05) is 5.92 Å². The van der Waals surface area contributed by atoms with Gasteiger partial charge in [0.1, 0.15) is 5.75 Å². The molecule has 1 aromatic carbocycles. The van der Waals surface area contributed by atoms with Crippen LogP contribution in [0.25, 0.3) is 0 Å². The zero-order chi connectivity index (χ0) is 13.8. The second-order valence-electron chi connectivity index (χ2n) is 4.89. The summed E-state index contributed by atoms with van der Waals surface area (Å²) >= 11 is 0. The number of esters is 1. The van der Waals surface area contributed by atoms with Crippen LogP contribution in [-0.2, 0) is 9.53 Å². The van der Waals surface area contributed by atoms with Gasteiger partial charge in [-0.1, -0.05) is 24.3 Å². The van der Waals surface area contributed by atoms with E-state index in [0.717, 1.165) is 29.7 Å². The molecule has 1 aliphatic rings. The molecule has 0 heterocycles. The van der Waals surface area contributed by atoms with Gasteiger partial charge >= 0.3 is 5.97 Å². The highest BCUT2D eigenvalue weighted by molar-refractivity contribution is 5.74. The van der Waals surface area contributed by atoms with Gasteiger partial charge in [-0.2, -0.15) is 0 Å². The van der Waals surface area contributed by atoms with E-state index in [1.54, 1.807) is 7.11 Å². The fraction of sp³-hybridized carbons (Fsp3) is 0.438. The zero-order valence-corrected chi connectivity index (χ0v) is 11.7. The van der Waals surface area contributed by atoms with E-state index in [9.17, 15) is 4.79 Å². The van der Waals surface area contributed by atoms with Crippen LogP contribution in [-0.4, -0.2) is 20.2 Å². The predicted molar refractivity (Wildman–Crippen MR) is 74.4 cm³/mol. The molecule has 0 fully saturated rings. The predicted octanol–water partition coefficient (Wildman–Crippen LogP) is 3.23. The normalized spacial score (nSPS) is 22.1. The number of aryl methyl sites for hydroxylation is 1. The molecule has 3 nitrogen and oxygen atoms in total. The van der Waals surface area contributed by atoms with Crippen molar-refractivity contribution in [1.82, 2.24) is 0 Å². The molecule has 0 aromatic heterocycles. The van der Waals surface area contributed by atoms with Gasteiger partial charge < -0.3 is 9.47 Å². The lowest BCUT2D eigenvalue weighted by atomic mass is 9.79. The topological polar surface area (TPSA) is 35.5 Å². The van der Waals surface area contributed by atoms with Crippen molar-refractivity contribution < 1.29 is 14.3 Å². The SMILES string of the molecule is COC(=O)[C@@H]1CCC=C[C@@H]1c1ccc(OC)c(C)c1. The van der Waals surface area contributed by atoms with Gasteiger partial charge in [-0.3, -0.25) is 4.79 Å². The molecule has 102 valence electrons. The summed E-state index contributed by atoms with van der Waals surface area (Å²) in [5.41, 5.74) is 2.23. The molecule has 0 unspecified atom stereocenters. The first-order chi connectivity index (χ1) is 9.17. The number of carbonyl (C=O) groups is 1. The van der Waals surface area contributed by atoms with Crippen molar-refractivity contribution in [1.29, 1.82) is 0 Å². The first kappa shape index (κ1) is 13.7. The van der Waals surface area contributed by atoms with E-state index in [-0.39, 0.29) is 17.8 Å². The first-order valence-corrected chi connectivity index (χ1v) is 6.56. The molecule has 0 spiro atoms. The Labute approximate surface area is 114 Å². The maximum Gasteiger partial charge on any atom is 0.309 e. The number of rotatable bonds is 3. The van der Waals surface area contributed by atoms with Crippen LogP contribution in [0.4, 0.5) is 0 Å². The Morgan fingerprint density at radius 2 is 2.11 bits per heavy atom. The van der Waals surface area contributed by atoms with Crippen molar-refractivity contribution in [2.75, 3.05) is 14.2 Å².